The van der Waals surface area contributed by atoms with Crippen molar-refractivity contribution in [1.82, 2.24) is 0 Å². The summed E-state index contributed by atoms with van der Waals surface area (Å²) in [5.74, 6) is -0.439. The lowest BCUT2D eigenvalue weighted by Gasteiger charge is -2.10. The van der Waals surface area contributed by atoms with Crippen molar-refractivity contribution in [3.8, 4) is 0 Å². The average molecular weight is 291 g/mol. The minimum Gasteiger partial charge on any atom is -0.292 e. The smallest absolute Gasteiger partial charge is 0.292 e. The fourth-order valence-electron chi connectivity index (χ4n) is 2.10. The van der Waals surface area contributed by atoms with E-state index in [4.69, 9.17) is 9.78 Å². The second-order valence-electron chi connectivity index (χ2n) is 5.41. The molecule has 0 aliphatic heterocycles. The zero-order valence-electron chi connectivity index (χ0n) is 13.5. The van der Waals surface area contributed by atoms with E-state index >= 15 is 0 Å². The van der Waals surface area contributed by atoms with Crippen LogP contribution in [0.15, 0.2) is 24.3 Å². The third kappa shape index (κ3) is 7.28. The fraction of sp³-hybridized carbons (Fsp3) is 0.556. The van der Waals surface area contributed by atoms with Gasteiger partial charge in [0.05, 0.1) is 5.56 Å². The lowest BCUT2D eigenvalue weighted by atomic mass is 10.1. The minimum atomic E-state index is -0.439. The molecule has 1 aromatic rings. The van der Waals surface area contributed by atoms with E-state index in [2.05, 4.69) is 13.8 Å². The van der Waals surface area contributed by atoms with Crippen LogP contribution in [0.2, 0.25) is 0 Å². The monoisotopic (exact) mass is 291 g/mol. The van der Waals surface area contributed by atoms with Crippen molar-refractivity contribution >= 4 is 5.97 Å². The summed E-state index contributed by atoms with van der Waals surface area (Å²) >= 11 is 0. The summed E-state index contributed by atoms with van der Waals surface area (Å²) in [5, 5.41) is 0. The van der Waals surface area contributed by atoms with Gasteiger partial charge < -0.3 is 0 Å². The van der Waals surface area contributed by atoms with Gasteiger partial charge in [0.15, 0.2) is 0 Å². The number of hydrogen-bond donors (Lipinski definition) is 0. The highest BCUT2D eigenvalue weighted by Crippen LogP contribution is 2.15. The van der Waals surface area contributed by atoms with Crippen molar-refractivity contribution in [2.24, 2.45) is 0 Å². The predicted molar refractivity (Wildman–Crippen MR) is 84.6 cm³/mol. The Bertz CT molecular complexity index is 397. The van der Waals surface area contributed by atoms with E-state index in [9.17, 15) is 4.79 Å². The molecule has 0 saturated heterocycles. The Morgan fingerprint density at radius 2 is 1.67 bits per heavy atom. The SMILES string of the molecule is CCCCCC[C](C)OOC(=O)c1ccc(CCC)cc1. The first-order valence-corrected chi connectivity index (χ1v) is 7.97. The molecule has 0 aliphatic rings. The molecule has 0 saturated carbocycles. The molecule has 0 N–H and O–H groups in total. The first-order chi connectivity index (χ1) is 10.2. The summed E-state index contributed by atoms with van der Waals surface area (Å²) in [6.07, 6.45) is 8.41. The van der Waals surface area contributed by atoms with Gasteiger partial charge >= 0.3 is 5.97 Å². The van der Waals surface area contributed by atoms with E-state index < -0.39 is 5.97 Å². The minimum absolute atomic E-state index is 0.439. The van der Waals surface area contributed by atoms with Crippen LogP contribution < -0.4 is 0 Å². The second kappa shape index (κ2) is 10.4. The third-order valence-electron chi connectivity index (χ3n) is 3.37. The van der Waals surface area contributed by atoms with Crippen molar-refractivity contribution in [3.63, 3.8) is 0 Å². The molecular weight excluding hydrogens is 264 g/mol. The number of benzene rings is 1. The topological polar surface area (TPSA) is 35.5 Å². The van der Waals surface area contributed by atoms with E-state index in [0.29, 0.717) is 5.56 Å². The van der Waals surface area contributed by atoms with Gasteiger partial charge in [-0.3, -0.25) is 4.89 Å². The molecule has 3 nitrogen and oxygen atoms in total. The van der Waals surface area contributed by atoms with Crippen LogP contribution in [0, 0.1) is 6.10 Å². The first kappa shape index (κ1) is 17.7. The van der Waals surface area contributed by atoms with Gasteiger partial charge in [0.25, 0.3) is 0 Å². The number of carbonyl (C=O) groups excluding carboxylic acids is 1. The largest absolute Gasteiger partial charge is 0.373 e. The van der Waals surface area contributed by atoms with Crippen LogP contribution in [0.3, 0.4) is 0 Å². The lowest BCUT2D eigenvalue weighted by molar-refractivity contribution is -0.233. The molecule has 0 unspecified atom stereocenters. The van der Waals surface area contributed by atoms with Crippen LogP contribution in [-0.4, -0.2) is 5.97 Å². The zero-order chi connectivity index (χ0) is 15.5. The molecule has 0 aromatic heterocycles. The van der Waals surface area contributed by atoms with Gasteiger partial charge in [-0.25, -0.2) is 4.79 Å². The van der Waals surface area contributed by atoms with E-state index in [-0.39, 0.29) is 0 Å². The Morgan fingerprint density at radius 1 is 0.952 bits per heavy atom. The average Bonchev–Trinajstić information content (AvgIpc) is 2.50. The molecule has 0 bridgehead atoms. The Balaban J connectivity index is 2.29. The molecule has 117 valence electrons. The predicted octanol–water partition coefficient (Wildman–Crippen LogP) is 5.25. The summed E-state index contributed by atoms with van der Waals surface area (Å²) in [7, 11) is 0. The number of aryl methyl sites for hydroxylation is 1. The van der Waals surface area contributed by atoms with Crippen LogP contribution >= 0.6 is 0 Å². The van der Waals surface area contributed by atoms with E-state index in [1.807, 2.05) is 19.1 Å². The van der Waals surface area contributed by atoms with E-state index in [1.165, 1.54) is 24.8 Å². The highest BCUT2D eigenvalue weighted by atomic mass is 17.2. The van der Waals surface area contributed by atoms with Gasteiger partial charge in [0.1, 0.15) is 6.10 Å². The summed E-state index contributed by atoms with van der Waals surface area (Å²) < 4.78 is 0. The van der Waals surface area contributed by atoms with Gasteiger partial charge in [-0.05, 0) is 37.5 Å². The van der Waals surface area contributed by atoms with Gasteiger partial charge in [-0.1, -0.05) is 58.1 Å². The molecule has 1 rings (SSSR count). The highest BCUT2D eigenvalue weighted by molar-refractivity contribution is 5.88. The molecule has 0 amide bonds. The number of hydrogen-bond acceptors (Lipinski definition) is 3. The quantitative estimate of drug-likeness (QED) is 0.335. The molecule has 0 atom stereocenters. The highest BCUT2D eigenvalue weighted by Gasteiger charge is 2.12. The summed E-state index contributed by atoms with van der Waals surface area (Å²) in [6.45, 7) is 6.17. The maximum absolute atomic E-state index is 11.8. The molecule has 1 aromatic carbocycles. The van der Waals surface area contributed by atoms with Gasteiger partial charge in [0, 0.05) is 0 Å². The van der Waals surface area contributed by atoms with Crippen LogP contribution in [0.5, 0.6) is 0 Å². The Labute approximate surface area is 128 Å². The molecule has 0 aliphatic carbocycles. The molecule has 21 heavy (non-hydrogen) atoms. The first-order valence-electron chi connectivity index (χ1n) is 7.97. The third-order valence-corrected chi connectivity index (χ3v) is 3.37. The molecular formula is C18H27O3. The summed E-state index contributed by atoms with van der Waals surface area (Å²) in [6, 6.07) is 7.49. The number of rotatable bonds is 10. The standard InChI is InChI=1S/C18H27O3/c1-4-6-7-8-10-15(3)20-21-18(19)17-13-11-16(9-5-2)12-14-17/h11-14H,4-10H2,1-3H3. The van der Waals surface area contributed by atoms with Crippen LogP contribution in [0.25, 0.3) is 0 Å². The van der Waals surface area contributed by atoms with Crippen LogP contribution in [0.1, 0.15) is 75.2 Å². The van der Waals surface area contributed by atoms with Crippen molar-refractivity contribution in [3.05, 3.63) is 41.5 Å². The Hall–Kier alpha value is -1.35. The van der Waals surface area contributed by atoms with Crippen LogP contribution in [-0.2, 0) is 16.2 Å². The van der Waals surface area contributed by atoms with Crippen molar-refractivity contribution in [2.75, 3.05) is 0 Å². The van der Waals surface area contributed by atoms with Crippen molar-refractivity contribution in [2.45, 2.75) is 65.7 Å². The molecule has 3 heteroatoms. The van der Waals surface area contributed by atoms with Gasteiger partial charge in [0.2, 0.25) is 0 Å². The fourth-order valence-corrected chi connectivity index (χ4v) is 2.10. The Kier molecular flexibility index (Phi) is 8.76. The number of unbranched alkanes of at least 4 members (excludes halogenated alkanes) is 3. The summed E-state index contributed by atoms with van der Waals surface area (Å²) in [5.41, 5.74) is 1.75. The van der Waals surface area contributed by atoms with Crippen LogP contribution in [0.4, 0.5) is 0 Å². The molecule has 0 spiro atoms. The maximum Gasteiger partial charge on any atom is 0.373 e. The van der Waals surface area contributed by atoms with E-state index in [1.54, 1.807) is 12.1 Å². The zero-order valence-corrected chi connectivity index (χ0v) is 13.5. The normalized spacial score (nSPS) is 10.9. The maximum atomic E-state index is 11.8. The van der Waals surface area contributed by atoms with Crippen molar-refractivity contribution in [1.29, 1.82) is 0 Å². The Morgan fingerprint density at radius 3 is 2.29 bits per heavy atom. The summed E-state index contributed by atoms with van der Waals surface area (Å²) in [4.78, 5) is 21.8. The number of carbonyl (C=O) groups is 1. The molecule has 0 heterocycles. The second-order valence-corrected chi connectivity index (χ2v) is 5.41. The van der Waals surface area contributed by atoms with Crippen molar-refractivity contribution < 1.29 is 14.6 Å². The molecule has 1 radical (unpaired) electrons. The molecule has 0 fully saturated rings. The lowest BCUT2D eigenvalue weighted by Crippen LogP contribution is -2.08. The van der Waals surface area contributed by atoms with Gasteiger partial charge in [-0.15, -0.1) is 0 Å². The van der Waals surface area contributed by atoms with E-state index in [0.717, 1.165) is 31.8 Å². The van der Waals surface area contributed by atoms with Gasteiger partial charge in [-0.2, -0.15) is 4.89 Å².